The van der Waals surface area contributed by atoms with Crippen LogP contribution in [0.3, 0.4) is 0 Å². The molecular formula is C24H32N2O4S. The largest absolute Gasteiger partial charge is 0.495 e. The van der Waals surface area contributed by atoms with Gasteiger partial charge in [-0.1, -0.05) is 39.0 Å². The summed E-state index contributed by atoms with van der Waals surface area (Å²) in [7, 11) is -2.22. The summed E-state index contributed by atoms with van der Waals surface area (Å²) < 4.78 is 33.4. The van der Waals surface area contributed by atoms with Crippen LogP contribution in [0, 0.1) is 5.92 Å². The number of amides is 1. The van der Waals surface area contributed by atoms with Gasteiger partial charge in [0.15, 0.2) is 0 Å². The van der Waals surface area contributed by atoms with Crippen LogP contribution in [-0.2, 0) is 21.2 Å². The van der Waals surface area contributed by atoms with E-state index in [0.717, 1.165) is 17.7 Å². The van der Waals surface area contributed by atoms with Gasteiger partial charge in [-0.25, -0.2) is 8.42 Å². The Hall–Kier alpha value is -2.38. The van der Waals surface area contributed by atoms with E-state index < -0.39 is 10.0 Å². The zero-order valence-corrected chi connectivity index (χ0v) is 19.5. The number of nitrogens with one attached hydrogen (secondary N) is 1. The molecule has 7 heteroatoms. The highest BCUT2D eigenvalue weighted by Gasteiger charge is 2.34. The number of rotatable bonds is 7. The maximum absolute atomic E-state index is 13.3. The van der Waals surface area contributed by atoms with Crippen LogP contribution in [-0.4, -0.2) is 38.8 Å². The van der Waals surface area contributed by atoms with Crippen molar-refractivity contribution < 1.29 is 17.9 Å². The van der Waals surface area contributed by atoms with Crippen molar-refractivity contribution in [3.8, 4) is 5.75 Å². The smallest absolute Gasteiger partial charge is 0.246 e. The lowest BCUT2D eigenvalue weighted by atomic mass is 9.97. The van der Waals surface area contributed by atoms with Gasteiger partial charge in [-0.05, 0) is 60.6 Å². The highest BCUT2D eigenvalue weighted by Crippen LogP contribution is 2.32. The molecule has 6 nitrogen and oxygen atoms in total. The van der Waals surface area contributed by atoms with E-state index in [9.17, 15) is 13.2 Å². The van der Waals surface area contributed by atoms with E-state index in [0.29, 0.717) is 31.7 Å². The lowest BCUT2D eigenvalue weighted by Crippen LogP contribution is -2.41. The standard InChI is InChI=1S/C24H32N2O4S/c1-5-18-6-9-21(10-7-18)25-24(27)19-12-14-26(15-13-19)31(28,29)23-16-20(17(2)3)8-11-22(23)30-4/h6-11,16-17,19H,5,12-15H2,1-4H3,(H,25,27). The molecule has 2 aromatic carbocycles. The Kier molecular flexibility index (Phi) is 7.38. The SMILES string of the molecule is CCc1ccc(NC(=O)C2CCN(S(=O)(=O)c3cc(C(C)C)ccc3OC)CC2)cc1. The highest BCUT2D eigenvalue weighted by molar-refractivity contribution is 7.89. The average molecular weight is 445 g/mol. The van der Waals surface area contributed by atoms with E-state index >= 15 is 0 Å². The lowest BCUT2D eigenvalue weighted by Gasteiger charge is -2.31. The lowest BCUT2D eigenvalue weighted by molar-refractivity contribution is -0.120. The Balaban J connectivity index is 1.68. The van der Waals surface area contributed by atoms with Crippen LogP contribution in [0.15, 0.2) is 47.4 Å². The van der Waals surface area contributed by atoms with Gasteiger partial charge in [0.1, 0.15) is 10.6 Å². The van der Waals surface area contributed by atoms with E-state index in [-0.39, 0.29) is 22.6 Å². The third-order valence-corrected chi connectivity index (χ3v) is 7.85. The molecule has 0 aromatic heterocycles. The number of carbonyl (C=O) groups excluding carboxylic acids is 1. The molecule has 31 heavy (non-hydrogen) atoms. The third-order valence-electron chi connectivity index (χ3n) is 5.93. The Bertz CT molecular complexity index is 1010. The second-order valence-corrected chi connectivity index (χ2v) is 10.2. The fourth-order valence-electron chi connectivity index (χ4n) is 3.82. The predicted molar refractivity (Wildman–Crippen MR) is 123 cm³/mol. The number of sulfonamides is 1. The molecule has 0 unspecified atom stereocenters. The number of aryl methyl sites for hydroxylation is 1. The monoisotopic (exact) mass is 444 g/mol. The summed E-state index contributed by atoms with van der Waals surface area (Å²) >= 11 is 0. The van der Waals surface area contributed by atoms with Crippen molar-refractivity contribution in [2.24, 2.45) is 5.92 Å². The molecule has 1 fully saturated rings. The van der Waals surface area contributed by atoms with Gasteiger partial charge < -0.3 is 10.1 Å². The van der Waals surface area contributed by atoms with E-state index in [2.05, 4.69) is 12.2 Å². The Morgan fingerprint density at radius 2 is 1.77 bits per heavy atom. The van der Waals surface area contributed by atoms with Crippen molar-refractivity contribution in [2.75, 3.05) is 25.5 Å². The Morgan fingerprint density at radius 1 is 1.13 bits per heavy atom. The molecule has 2 aromatic rings. The molecule has 0 radical (unpaired) electrons. The van der Waals surface area contributed by atoms with Gasteiger partial charge in [-0.15, -0.1) is 0 Å². The van der Waals surface area contributed by atoms with Gasteiger partial charge in [0, 0.05) is 24.7 Å². The normalized spacial score (nSPS) is 15.8. The Labute approximate surface area is 185 Å². The number of nitrogens with zero attached hydrogens (tertiary/aromatic N) is 1. The van der Waals surface area contributed by atoms with Crippen LogP contribution < -0.4 is 10.1 Å². The summed E-state index contributed by atoms with van der Waals surface area (Å²) in [5.41, 5.74) is 2.93. The van der Waals surface area contributed by atoms with Crippen LogP contribution in [0.2, 0.25) is 0 Å². The first-order valence-electron chi connectivity index (χ1n) is 10.8. The molecule has 1 amide bonds. The molecular weight excluding hydrogens is 412 g/mol. The van der Waals surface area contributed by atoms with E-state index in [4.69, 9.17) is 4.74 Å². The fourth-order valence-corrected chi connectivity index (χ4v) is 5.48. The van der Waals surface area contributed by atoms with Crippen LogP contribution >= 0.6 is 0 Å². The highest BCUT2D eigenvalue weighted by atomic mass is 32.2. The molecule has 1 aliphatic rings. The second kappa shape index (κ2) is 9.83. The van der Waals surface area contributed by atoms with Crippen molar-refractivity contribution >= 4 is 21.6 Å². The number of anilines is 1. The molecule has 3 rings (SSSR count). The average Bonchev–Trinajstić information content (AvgIpc) is 2.79. The van der Waals surface area contributed by atoms with Crippen LogP contribution in [0.5, 0.6) is 5.75 Å². The van der Waals surface area contributed by atoms with Crippen LogP contribution in [0.25, 0.3) is 0 Å². The van der Waals surface area contributed by atoms with Crippen molar-refractivity contribution in [3.05, 3.63) is 53.6 Å². The van der Waals surface area contributed by atoms with Gasteiger partial charge in [0.25, 0.3) is 0 Å². The van der Waals surface area contributed by atoms with E-state index in [1.165, 1.54) is 17.0 Å². The number of benzene rings is 2. The van der Waals surface area contributed by atoms with Gasteiger partial charge in [0.05, 0.1) is 7.11 Å². The molecule has 0 aliphatic carbocycles. The molecule has 0 spiro atoms. The number of carbonyl (C=O) groups is 1. The number of methoxy groups -OCH3 is 1. The van der Waals surface area contributed by atoms with Gasteiger partial charge in [-0.3, -0.25) is 4.79 Å². The van der Waals surface area contributed by atoms with Gasteiger partial charge in [0.2, 0.25) is 15.9 Å². The minimum Gasteiger partial charge on any atom is -0.495 e. The van der Waals surface area contributed by atoms with E-state index in [1.807, 2.05) is 44.2 Å². The minimum atomic E-state index is -3.70. The van der Waals surface area contributed by atoms with Crippen LogP contribution in [0.1, 0.15) is 50.7 Å². The molecule has 0 saturated carbocycles. The summed E-state index contributed by atoms with van der Waals surface area (Å²) in [5, 5.41) is 2.96. The summed E-state index contributed by atoms with van der Waals surface area (Å²) in [6.45, 7) is 6.76. The number of ether oxygens (including phenoxy) is 1. The maximum atomic E-state index is 13.3. The molecule has 168 valence electrons. The van der Waals surface area contributed by atoms with Crippen molar-refractivity contribution in [1.82, 2.24) is 4.31 Å². The summed E-state index contributed by atoms with van der Waals surface area (Å²) in [6, 6.07) is 13.1. The van der Waals surface area contributed by atoms with Gasteiger partial charge in [-0.2, -0.15) is 4.31 Å². The Morgan fingerprint density at radius 3 is 2.32 bits per heavy atom. The first-order valence-corrected chi connectivity index (χ1v) is 12.3. The van der Waals surface area contributed by atoms with E-state index in [1.54, 1.807) is 12.1 Å². The summed E-state index contributed by atoms with van der Waals surface area (Å²) in [6.07, 6.45) is 1.93. The number of hydrogen-bond acceptors (Lipinski definition) is 4. The maximum Gasteiger partial charge on any atom is 0.246 e. The third kappa shape index (κ3) is 5.28. The fraction of sp³-hybridized carbons (Fsp3) is 0.458. The summed E-state index contributed by atoms with van der Waals surface area (Å²) in [5.74, 6) is 0.294. The van der Waals surface area contributed by atoms with Crippen LogP contribution in [0.4, 0.5) is 5.69 Å². The first-order chi connectivity index (χ1) is 14.8. The predicted octanol–water partition coefficient (Wildman–Crippen LogP) is 4.42. The minimum absolute atomic E-state index is 0.0549. The molecule has 1 aliphatic heterocycles. The van der Waals surface area contributed by atoms with Crippen molar-refractivity contribution in [3.63, 3.8) is 0 Å². The summed E-state index contributed by atoms with van der Waals surface area (Å²) in [4.78, 5) is 12.9. The molecule has 1 N–H and O–H groups in total. The topological polar surface area (TPSA) is 75.7 Å². The zero-order valence-electron chi connectivity index (χ0n) is 18.7. The molecule has 1 heterocycles. The number of piperidine rings is 1. The number of hydrogen-bond donors (Lipinski definition) is 1. The van der Waals surface area contributed by atoms with Crippen molar-refractivity contribution in [1.29, 1.82) is 0 Å². The zero-order chi connectivity index (χ0) is 22.6. The van der Waals surface area contributed by atoms with Crippen molar-refractivity contribution in [2.45, 2.75) is 50.8 Å². The van der Waals surface area contributed by atoms with Gasteiger partial charge >= 0.3 is 0 Å². The quantitative estimate of drug-likeness (QED) is 0.686. The molecule has 0 atom stereocenters. The first kappa shape index (κ1) is 23.3. The molecule has 1 saturated heterocycles. The second-order valence-electron chi connectivity index (χ2n) is 8.28. The molecule has 0 bridgehead atoms.